The lowest BCUT2D eigenvalue weighted by atomic mass is 9.97. The standard InChI is InChI=1S/C12H24F2N2O/c1-9(2)15-12(8-17)5-4-10(6-12)16(3)7-11(13)14/h9-11,15,17H,4-8H2,1-3H3. The highest BCUT2D eigenvalue weighted by atomic mass is 19.3. The van der Waals surface area contributed by atoms with E-state index in [4.69, 9.17) is 0 Å². The highest BCUT2D eigenvalue weighted by Crippen LogP contribution is 2.33. The molecule has 0 aromatic carbocycles. The Labute approximate surface area is 102 Å². The van der Waals surface area contributed by atoms with Crippen LogP contribution in [-0.4, -0.2) is 54.3 Å². The van der Waals surface area contributed by atoms with Gasteiger partial charge in [-0.15, -0.1) is 0 Å². The monoisotopic (exact) mass is 250 g/mol. The van der Waals surface area contributed by atoms with Crippen LogP contribution in [0.1, 0.15) is 33.1 Å². The van der Waals surface area contributed by atoms with Crippen LogP contribution in [0.5, 0.6) is 0 Å². The first-order chi connectivity index (χ1) is 7.88. The Balaban J connectivity index is 2.54. The Morgan fingerprint density at radius 1 is 1.47 bits per heavy atom. The summed E-state index contributed by atoms with van der Waals surface area (Å²) in [5.74, 6) is 0. The van der Waals surface area contributed by atoms with E-state index in [9.17, 15) is 13.9 Å². The minimum atomic E-state index is -2.29. The molecule has 0 radical (unpaired) electrons. The van der Waals surface area contributed by atoms with E-state index in [0.29, 0.717) is 6.04 Å². The van der Waals surface area contributed by atoms with Crippen molar-refractivity contribution >= 4 is 0 Å². The quantitative estimate of drug-likeness (QED) is 0.749. The topological polar surface area (TPSA) is 35.5 Å². The first-order valence-electron chi connectivity index (χ1n) is 6.25. The molecule has 0 heterocycles. The molecule has 1 fully saturated rings. The van der Waals surface area contributed by atoms with E-state index in [-0.39, 0.29) is 24.7 Å². The number of halogens is 2. The minimum Gasteiger partial charge on any atom is -0.394 e. The number of hydrogen-bond donors (Lipinski definition) is 2. The first-order valence-corrected chi connectivity index (χ1v) is 6.25. The van der Waals surface area contributed by atoms with E-state index in [0.717, 1.165) is 19.3 Å². The summed E-state index contributed by atoms with van der Waals surface area (Å²) in [4.78, 5) is 1.71. The molecular formula is C12H24F2N2O. The van der Waals surface area contributed by atoms with E-state index < -0.39 is 6.43 Å². The summed E-state index contributed by atoms with van der Waals surface area (Å²) in [5, 5.41) is 12.9. The van der Waals surface area contributed by atoms with E-state index >= 15 is 0 Å². The molecule has 0 spiro atoms. The largest absolute Gasteiger partial charge is 0.394 e. The Morgan fingerprint density at radius 3 is 2.59 bits per heavy atom. The number of alkyl halides is 2. The molecule has 1 saturated carbocycles. The molecule has 1 aliphatic carbocycles. The third-order valence-corrected chi connectivity index (χ3v) is 3.53. The van der Waals surface area contributed by atoms with Crippen LogP contribution in [0.2, 0.25) is 0 Å². The van der Waals surface area contributed by atoms with Crippen molar-refractivity contribution in [2.75, 3.05) is 20.2 Å². The van der Waals surface area contributed by atoms with Crippen molar-refractivity contribution in [3.63, 3.8) is 0 Å². The van der Waals surface area contributed by atoms with Gasteiger partial charge in [-0.2, -0.15) is 0 Å². The van der Waals surface area contributed by atoms with Crippen LogP contribution in [0, 0.1) is 0 Å². The number of aliphatic hydroxyl groups is 1. The van der Waals surface area contributed by atoms with Gasteiger partial charge in [-0.25, -0.2) is 8.78 Å². The van der Waals surface area contributed by atoms with Gasteiger partial charge < -0.3 is 10.4 Å². The lowest BCUT2D eigenvalue weighted by molar-refractivity contribution is 0.0763. The third-order valence-electron chi connectivity index (χ3n) is 3.53. The maximum Gasteiger partial charge on any atom is 0.251 e. The summed E-state index contributed by atoms with van der Waals surface area (Å²) >= 11 is 0. The van der Waals surface area contributed by atoms with Crippen molar-refractivity contribution < 1.29 is 13.9 Å². The first kappa shape index (κ1) is 14.8. The van der Waals surface area contributed by atoms with Gasteiger partial charge in [0.15, 0.2) is 0 Å². The van der Waals surface area contributed by atoms with Crippen molar-refractivity contribution in [1.82, 2.24) is 10.2 Å². The van der Waals surface area contributed by atoms with Gasteiger partial charge >= 0.3 is 0 Å². The maximum atomic E-state index is 12.3. The summed E-state index contributed by atoms with van der Waals surface area (Å²) in [7, 11) is 1.74. The molecule has 102 valence electrons. The molecule has 1 rings (SSSR count). The average Bonchev–Trinajstić information content (AvgIpc) is 2.61. The van der Waals surface area contributed by atoms with Gasteiger partial charge in [0.1, 0.15) is 0 Å². The Hall–Kier alpha value is -0.260. The highest BCUT2D eigenvalue weighted by Gasteiger charge is 2.40. The summed E-state index contributed by atoms with van der Waals surface area (Å²) < 4.78 is 24.6. The molecule has 0 amide bonds. The number of rotatable bonds is 6. The molecule has 0 aromatic rings. The molecule has 0 saturated heterocycles. The highest BCUT2D eigenvalue weighted by molar-refractivity contribution is 4.99. The van der Waals surface area contributed by atoms with E-state index in [2.05, 4.69) is 5.32 Å². The molecule has 0 aliphatic heterocycles. The molecule has 0 bridgehead atoms. The second-order valence-electron chi connectivity index (χ2n) is 5.46. The minimum absolute atomic E-state index is 0.0736. The SMILES string of the molecule is CC(C)NC1(CO)CCC(N(C)CC(F)F)C1. The van der Waals surface area contributed by atoms with Crippen molar-refractivity contribution in [3.8, 4) is 0 Å². The molecule has 3 nitrogen and oxygen atoms in total. The van der Waals surface area contributed by atoms with Gasteiger partial charge in [-0.3, -0.25) is 4.90 Å². The van der Waals surface area contributed by atoms with Crippen molar-refractivity contribution in [1.29, 1.82) is 0 Å². The molecular weight excluding hydrogens is 226 g/mol. The van der Waals surface area contributed by atoms with Gasteiger partial charge in [0.25, 0.3) is 6.43 Å². The Morgan fingerprint density at radius 2 is 2.12 bits per heavy atom. The maximum absolute atomic E-state index is 12.3. The predicted molar refractivity (Wildman–Crippen MR) is 64.4 cm³/mol. The third kappa shape index (κ3) is 4.16. The van der Waals surface area contributed by atoms with Crippen LogP contribution in [0.4, 0.5) is 8.78 Å². The Bertz CT molecular complexity index is 239. The van der Waals surface area contributed by atoms with E-state index in [1.807, 2.05) is 13.8 Å². The fourth-order valence-electron chi connectivity index (χ4n) is 2.77. The summed E-state index contributed by atoms with van der Waals surface area (Å²) in [6.45, 7) is 3.96. The normalized spacial score (nSPS) is 29.8. The molecule has 0 aromatic heterocycles. The van der Waals surface area contributed by atoms with E-state index in [1.54, 1.807) is 11.9 Å². The predicted octanol–water partition coefficient (Wildman–Crippen LogP) is 1.46. The van der Waals surface area contributed by atoms with Crippen molar-refractivity contribution in [2.45, 2.75) is 57.2 Å². The molecule has 2 N–H and O–H groups in total. The average molecular weight is 250 g/mol. The molecule has 2 atom stereocenters. The molecule has 17 heavy (non-hydrogen) atoms. The number of aliphatic hydroxyl groups excluding tert-OH is 1. The second-order valence-corrected chi connectivity index (χ2v) is 5.46. The number of hydrogen-bond acceptors (Lipinski definition) is 3. The van der Waals surface area contributed by atoms with Gasteiger partial charge in [0.2, 0.25) is 0 Å². The summed E-state index contributed by atoms with van der Waals surface area (Å²) in [6, 6.07) is 0.434. The van der Waals surface area contributed by atoms with Gasteiger partial charge in [0, 0.05) is 17.6 Å². The zero-order valence-electron chi connectivity index (χ0n) is 10.9. The molecule has 1 aliphatic rings. The summed E-state index contributed by atoms with van der Waals surface area (Å²) in [5.41, 5.74) is -0.283. The fraction of sp³-hybridized carbons (Fsp3) is 1.00. The van der Waals surface area contributed by atoms with Gasteiger partial charge in [0.05, 0.1) is 13.2 Å². The van der Waals surface area contributed by atoms with Crippen LogP contribution in [0.25, 0.3) is 0 Å². The fourth-order valence-corrected chi connectivity index (χ4v) is 2.77. The van der Waals surface area contributed by atoms with E-state index in [1.165, 1.54) is 0 Å². The summed E-state index contributed by atoms with van der Waals surface area (Å²) in [6.07, 6.45) is 0.163. The zero-order chi connectivity index (χ0) is 13.1. The van der Waals surface area contributed by atoms with Crippen LogP contribution in [0.3, 0.4) is 0 Å². The van der Waals surface area contributed by atoms with Crippen LogP contribution >= 0.6 is 0 Å². The smallest absolute Gasteiger partial charge is 0.251 e. The molecule has 2 unspecified atom stereocenters. The van der Waals surface area contributed by atoms with Crippen molar-refractivity contribution in [3.05, 3.63) is 0 Å². The van der Waals surface area contributed by atoms with Crippen LogP contribution in [-0.2, 0) is 0 Å². The van der Waals surface area contributed by atoms with Gasteiger partial charge in [-0.05, 0) is 26.3 Å². The number of nitrogens with zero attached hydrogens (tertiary/aromatic N) is 1. The second kappa shape index (κ2) is 6.07. The Kier molecular flexibility index (Phi) is 5.28. The van der Waals surface area contributed by atoms with Crippen LogP contribution in [0.15, 0.2) is 0 Å². The van der Waals surface area contributed by atoms with Crippen LogP contribution < -0.4 is 5.32 Å². The zero-order valence-corrected chi connectivity index (χ0v) is 10.9. The molecule has 5 heteroatoms. The lowest BCUT2D eigenvalue weighted by Crippen LogP contribution is -2.50. The lowest BCUT2D eigenvalue weighted by Gasteiger charge is -2.32. The van der Waals surface area contributed by atoms with Gasteiger partial charge in [-0.1, -0.05) is 13.8 Å². The van der Waals surface area contributed by atoms with Crippen molar-refractivity contribution in [2.24, 2.45) is 0 Å². The number of nitrogens with one attached hydrogen (secondary N) is 1.